The van der Waals surface area contributed by atoms with Crippen LogP contribution in [-0.2, 0) is 5.41 Å². The molecule has 0 bridgehead atoms. The Morgan fingerprint density at radius 1 is 0.397 bits per heavy atom. The second-order valence-electron chi connectivity index (χ2n) is 18.8. The predicted octanol–water partition coefficient (Wildman–Crippen LogP) is 18.6. The average Bonchev–Trinajstić information content (AvgIpc) is 4.03. The maximum atomic E-state index is 2.53. The lowest BCUT2D eigenvalue weighted by atomic mass is 9.81. The van der Waals surface area contributed by atoms with Gasteiger partial charge in [0, 0.05) is 53.1 Å². The summed E-state index contributed by atoms with van der Waals surface area (Å²) >= 11 is 1.89. The summed E-state index contributed by atoms with van der Waals surface area (Å²) in [6, 6.07) is 85.7. The summed E-state index contributed by atoms with van der Waals surface area (Å²) in [5.74, 6) is 0. The average molecular weight is 885 g/mol. The number of rotatable bonds is 6. The van der Waals surface area contributed by atoms with E-state index in [4.69, 9.17) is 0 Å². The molecule has 2 heterocycles. The first-order valence-corrected chi connectivity index (χ1v) is 24.4. The third kappa shape index (κ3) is 5.76. The third-order valence-electron chi connectivity index (χ3n) is 14.8. The number of aromatic nitrogens is 1. The van der Waals surface area contributed by atoms with Gasteiger partial charge in [-0.3, -0.25) is 0 Å². The van der Waals surface area contributed by atoms with E-state index in [0.29, 0.717) is 0 Å². The quantitative estimate of drug-likeness (QED) is 0.151. The van der Waals surface area contributed by atoms with Crippen molar-refractivity contribution in [2.45, 2.75) is 19.3 Å². The fraction of sp³-hybridized carbons (Fsp3) is 0.0462. The maximum absolute atomic E-state index is 2.53. The lowest BCUT2D eigenvalue weighted by molar-refractivity contribution is 0.660. The number of hydrogen-bond donors (Lipinski definition) is 0. The Labute approximate surface area is 399 Å². The van der Waals surface area contributed by atoms with Gasteiger partial charge in [-0.15, -0.1) is 11.3 Å². The summed E-state index contributed by atoms with van der Waals surface area (Å²) < 4.78 is 4.97. The van der Waals surface area contributed by atoms with Crippen LogP contribution in [0.1, 0.15) is 25.0 Å². The van der Waals surface area contributed by atoms with Gasteiger partial charge < -0.3 is 9.47 Å². The lowest BCUT2D eigenvalue weighted by Crippen LogP contribution is -2.14. The Morgan fingerprint density at radius 3 is 1.81 bits per heavy atom. The molecule has 0 radical (unpaired) electrons. The highest BCUT2D eigenvalue weighted by Crippen LogP contribution is 2.52. The highest BCUT2D eigenvalue weighted by molar-refractivity contribution is 7.26. The molecule has 0 atom stereocenters. The number of nitrogens with zero attached hydrogens (tertiary/aromatic N) is 2. The molecule has 0 amide bonds. The molecule has 0 saturated heterocycles. The molecule has 2 nitrogen and oxygen atoms in total. The summed E-state index contributed by atoms with van der Waals surface area (Å²) in [6.45, 7) is 4.72. The molecule has 13 aromatic rings. The zero-order valence-corrected chi connectivity index (χ0v) is 38.6. The molecule has 0 spiro atoms. The van der Waals surface area contributed by atoms with Gasteiger partial charge in [-0.1, -0.05) is 184 Å². The van der Waals surface area contributed by atoms with Crippen molar-refractivity contribution in [2.75, 3.05) is 4.90 Å². The number of hydrogen-bond acceptors (Lipinski definition) is 2. The van der Waals surface area contributed by atoms with Gasteiger partial charge in [-0.25, -0.2) is 0 Å². The summed E-state index contributed by atoms with van der Waals surface area (Å²) in [6.07, 6.45) is 0. The number of para-hydroxylation sites is 2. The molecule has 0 saturated carbocycles. The normalized spacial score (nSPS) is 13.0. The van der Waals surface area contributed by atoms with Crippen LogP contribution in [0.3, 0.4) is 0 Å². The van der Waals surface area contributed by atoms with Crippen LogP contribution in [0, 0.1) is 0 Å². The monoisotopic (exact) mass is 884 g/mol. The van der Waals surface area contributed by atoms with Crippen molar-refractivity contribution < 1.29 is 0 Å². The van der Waals surface area contributed by atoms with Gasteiger partial charge in [-0.2, -0.15) is 0 Å². The van der Waals surface area contributed by atoms with Crippen LogP contribution < -0.4 is 4.90 Å². The van der Waals surface area contributed by atoms with Crippen LogP contribution >= 0.6 is 11.3 Å². The molecule has 14 rings (SSSR count). The van der Waals surface area contributed by atoms with Crippen LogP contribution in [0.15, 0.2) is 231 Å². The molecule has 0 aliphatic heterocycles. The molecule has 2 aromatic heterocycles. The van der Waals surface area contributed by atoms with Gasteiger partial charge in [0.25, 0.3) is 0 Å². The number of anilines is 3. The first-order valence-electron chi connectivity index (χ1n) is 23.6. The van der Waals surface area contributed by atoms with E-state index in [-0.39, 0.29) is 5.41 Å². The van der Waals surface area contributed by atoms with E-state index in [1.165, 1.54) is 108 Å². The largest absolute Gasteiger partial charge is 0.309 e. The fourth-order valence-corrected chi connectivity index (χ4v) is 12.8. The van der Waals surface area contributed by atoms with E-state index in [2.05, 4.69) is 254 Å². The third-order valence-corrected chi connectivity index (χ3v) is 16.0. The molecule has 1 aliphatic carbocycles. The predicted molar refractivity (Wildman–Crippen MR) is 292 cm³/mol. The van der Waals surface area contributed by atoms with E-state index in [1.54, 1.807) is 0 Å². The lowest BCUT2D eigenvalue weighted by Gasteiger charge is -2.29. The minimum atomic E-state index is -0.0665. The van der Waals surface area contributed by atoms with Crippen molar-refractivity contribution >= 4 is 91.9 Å². The van der Waals surface area contributed by atoms with Crippen molar-refractivity contribution in [1.29, 1.82) is 0 Å². The highest BCUT2D eigenvalue weighted by atomic mass is 32.1. The van der Waals surface area contributed by atoms with Crippen LogP contribution in [-0.4, -0.2) is 4.57 Å². The first kappa shape index (κ1) is 39.0. The molecule has 0 unspecified atom stereocenters. The molecule has 0 N–H and O–H groups in total. The Bertz CT molecular complexity index is 4130. The highest BCUT2D eigenvalue weighted by Gasteiger charge is 2.35. The van der Waals surface area contributed by atoms with Crippen LogP contribution in [0.4, 0.5) is 17.1 Å². The van der Waals surface area contributed by atoms with Crippen LogP contribution in [0.25, 0.3) is 103 Å². The fourth-order valence-electron chi connectivity index (χ4n) is 11.6. The van der Waals surface area contributed by atoms with Gasteiger partial charge in [0.1, 0.15) is 0 Å². The van der Waals surface area contributed by atoms with E-state index < -0.39 is 0 Å². The van der Waals surface area contributed by atoms with Crippen LogP contribution in [0.2, 0.25) is 0 Å². The molecule has 0 fully saturated rings. The second-order valence-corrected chi connectivity index (χ2v) is 19.9. The Hall–Kier alpha value is -8.24. The SMILES string of the molecule is CC1(C)c2ccccc2-c2ccc(-c3ccc(N(c4cc5ccccc5c5ccccc45)c4ccc(-c5cccc(-n6c7ccccc7c7ccccc76)c5)c5sc6ccccc6c45)cc3)cc21. The van der Waals surface area contributed by atoms with E-state index in [0.717, 1.165) is 22.7 Å². The summed E-state index contributed by atoms with van der Waals surface area (Å²) in [5, 5.41) is 9.98. The molecular weight excluding hydrogens is 841 g/mol. The number of fused-ring (bicyclic) bond motifs is 12. The van der Waals surface area contributed by atoms with Gasteiger partial charge in [0.15, 0.2) is 0 Å². The minimum absolute atomic E-state index is 0.0665. The molecular formula is C65H44N2S. The molecule has 11 aromatic carbocycles. The summed E-state index contributed by atoms with van der Waals surface area (Å²) in [5.41, 5.74) is 17.3. The Morgan fingerprint density at radius 2 is 1.01 bits per heavy atom. The Kier molecular flexibility index (Phi) is 8.53. The zero-order chi connectivity index (χ0) is 45.1. The van der Waals surface area contributed by atoms with Gasteiger partial charge >= 0.3 is 0 Å². The Balaban J connectivity index is 0.975. The molecule has 68 heavy (non-hydrogen) atoms. The summed E-state index contributed by atoms with van der Waals surface area (Å²) in [7, 11) is 0. The van der Waals surface area contributed by atoms with E-state index in [9.17, 15) is 0 Å². The van der Waals surface area contributed by atoms with Crippen molar-refractivity contribution in [3.05, 3.63) is 242 Å². The molecule has 3 heteroatoms. The first-order chi connectivity index (χ1) is 33.5. The minimum Gasteiger partial charge on any atom is -0.309 e. The standard InChI is InChI=1S/C65H44N2S/c1-65(2)56-26-11-7-21-50(56)51-35-32-42(39-57(51)65)41-30-33-45(34-31-41)66(61-40-44-16-3-4-19-47(44)49-20-5-6-22-52(49)61)60-37-36-48(64-63(60)55-25-10-14-29-62(55)68-64)43-17-15-18-46(38-43)67-58-27-12-8-23-53(58)54-24-9-13-28-59(54)67/h3-40H,1-2H3. The molecule has 1 aliphatic rings. The number of benzene rings is 11. The van der Waals surface area contributed by atoms with E-state index in [1.807, 2.05) is 11.3 Å². The van der Waals surface area contributed by atoms with Gasteiger partial charge in [0.05, 0.1) is 22.4 Å². The maximum Gasteiger partial charge on any atom is 0.0555 e. The van der Waals surface area contributed by atoms with E-state index >= 15 is 0 Å². The topological polar surface area (TPSA) is 8.17 Å². The van der Waals surface area contributed by atoms with Crippen LogP contribution in [0.5, 0.6) is 0 Å². The van der Waals surface area contributed by atoms with Crippen molar-refractivity contribution in [2.24, 2.45) is 0 Å². The second kappa shape index (κ2) is 14.9. The molecule has 320 valence electrons. The van der Waals surface area contributed by atoms with Gasteiger partial charge in [-0.05, 0) is 121 Å². The van der Waals surface area contributed by atoms with Crippen molar-refractivity contribution in [3.63, 3.8) is 0 Å². The van der Waals surface area contributed by atoms with Crippen molar-refractivity contribution in [3.8, 4) is 39.1 Å². The summed E-state index contributed by atoms with van der Waals surface area (Å²) in [4.78, 5) is 2.53. The number of thiophene rings is 1. The van der Waals surface area contributed by atoms with Gasteiger partial charge in [0.2, 0.25) is 0 Å². The smallest absolute Gasteiger partial charge is 0.0555 e. The van der Waals surface area contributed by atoms with Crippen molar-refractivity contribution in [1.82, 2.24) is 4.57 Å². The zero-order valence-electron chi connectivity index (χ0n) is 37.7.